The third kappa shape index (κ3) is 1.54. The van der Waals surface area contributed by atoms with Crippen molar-refractivity contribution in [3.8, 4) is 0 Å². The molecule has 1 unspecified atom stereocenters. The highest BCUT2D eigenvalue weighted by molar-refractivity contribution is 6.12. The maximum Gasteiger partial charge on any atom is 0.341 e. The first kappa shape index (κ1) is 8.22. The third-order valence-corrected chi connectivity index (χ3v) is 2.35. The van der Waals surface area contributed by atoms with Crippen LogP contribution in [0.5, 0.6) is 0 Å². The summed E-state index contributed by atoms with van der Waals surface area (Å²) >= 11 is 0. The van der Waals surface area contributed by atoms with Crippen molar-refractivity contribution in [2.75, 3.05) is 13.1 Å². The van der Waals surface area contributed by atoms with Crippen molar-refractivity contribution in [1.29, 1.82) is 0 Å². The Morgan fingerprint density at radius 2 is 2.15 bits per heavy atom. The van der Waals surface area contributed by atoms with Crippen molar-refractivity contribution in [3.05, 3.63) is 0 Å². The number of aliphatic imine (C=N–C) groups is 1. The van der Waals surface area contributed by atoms with Crippen LogP contribution in [0.25, 0.3) is 0 Å². The van der Waals surface area contributed by atoms with Crippen molar-refractivity contribution in [2.24, 2.45) is 10.9 Å². The number of carbonyl (C=O) groups excluding carboxylic acids is 2. The minimum Gasteiger partial charge on any atom is -0.356 e. The zero-order chi connectivity index (χ0) is 9.26. The normalized spacial score (nSPS) is 28.0. The highest BCUT2D eigenvalue weighted by Crippen LogP contribution is 2.15. The van der Waals surface area contributed by atoms with Gasteiger partial charge in [0.2, 0.25) is 5.91 Å². The van der Waals surface area contributed by atoms with Gasteiger partial charge in [-0.1, -0.05) is 0 Å². The first-order valence-corrected chi connectivity index (χ1v) is 4.40. The molecule has 2 rings (SSSR count). The minimum absolute atomic E-state index is 0.00139. The molecule has 1 atom stereocenters. The molecule has 5 nitrogen and oxygen atoms in total. The van der Waals surface area contributed by atoms with Gasteiger partial charge in [-0.15, -0.1) is 0 Å². The summed E-state index contributed by atoms with van der Waals surface area (Å²) < 4.78 is 0. The molecule has 13 heavy (non-hydrogen) atoms. The van der Waals surface area contributed by atoms with Gasteiger partial charge in [0.1, 0.15) is 0 Å². The maximum atomic E-state index is 11.4. The number of nitrogens with zero attached hydrogens (tertiary/aromatic N) is 1. The number of amides is 3. The number of urea groups is 1. The summed E-state index contributed by atoms with van der Waals surface area (Å²) in [5.41, 5.74) is 0.683. The fourth-order valence-electron chi connectivity index (χ4n) is 1.67. The maximum absolute atomic E-state index is 11.4. The molecular formula is C8H11N3O2. The molecule has 0 saturated carbocycles. The van der Waals surface area contributed by atoms with Crippen LogP contribution in [0.1, 0.15) is 12.8 Å². The summed E-state index contributed by atoms with van der Waals surface area (Å²) in [4.78, 5) is 25.9. The van der Waals surface area contributed by atoms with E-state index in [9.17, 15) is 9.59 Å². The van der Waals surface area contributed by atoms with E-state index in [0.717, 1.165) is 19.4 Å². The van der Waals surface area contributed by atoms with Crippen molar-refractivity contribution < 1.29 is 9.59 Å². The molecule has 0 aromatic heterocycles. The fourth-order valence-corrected chi connectivity index (χ4v) is 1.67. The topological polar surface area (TPSA) is 70.6 Å². The number of rotatable bonds is 1. The first-order chi connectivity index (χ1) is 6.27. The predicted octanol–water partition coefficient (Wildman–Crippen LogP) is -0.323. The Hall–Kier alpha value is -1.39. The highest BCUT2D eigenvalue weighted by Gasteiger charge is 2.29. The summed E-state index contributed by atoms with van der Waals surface area (Å²) in [5.74, 6) is -0.186. The zero-order valence-electron chi connectivity index (χ0n) is 7.17. The molecule has 0 radical (unpaired) electrons. The molecule has 3 amide bonds. The minimum atomic E-state index is -0.326. The lowest BCUT2D eigenvalue weighted by atomic mass is 9.94. The Labute approximate surface area is 75.6 Å². The molecule has 1 fully saturated rings. The lowest BCUT2D eigenvalue weighted by Crippen LogP contribution is -2.41. The van der Waals surface area contributed by atoms with Crippen LogP contribution in [0, 0.1) is 5.92 Å². The Morgan fingerprint density at radius 3 is 2.77 bits per heavy atom. The second kappa shape index (κ2) is 3.16. The Bertz CT molecular complexity index is 285. The second-order valence-corrected chi connectivity index (χ2v) is 3.25. The first-order valence-electron chi connectivity index (χ1n) is 4.40. The van der Waals surface area contributed by atoms with E-state index in [4.69, 9.17) is 0 Å². The van der Waals surface area contributed by atoms with E-state index in [-0.39, 0.29) is 17.9 Å². The molecule has 0 spiro atoms. The van der Waals surface area contributed by atoms with E-state index in [1.165, 1.54) is 0 Å². The number of hydrogen-bond donors (Lipinski definition) is 2. The Balaban J connectivity index is 2.11. The number of hydrogen-bond acceptors (Lipinski definition) is 2. The van der Waals surface area contributed by atoms with Crippen molar-refractivity contribution in [3.63, 3.8) is 0 Å². The summed E-state index contributed by atoms with van der Waals surface area (Å²) in [6, 6.07) is -0.326. The molecule has 0 bridgehead atoms. The predicted molar refractivity (Wildman–Crippen MR) is 46.6 cm³/mol. The lowest BCUT2D eigenvalue weighted by Gasteiger charge is -2.20. The van der Waals surface area contributed by atoms with Crippen molar-refractivity contribution in [2.45, 2.75) is 12.8 Å². The Kier molecular flexibility index (Phi) is 2.00. The summed E-state index contributed by atoms with van der Waals surface area (Å²) in [5, 5.41) is 5.33. The lowest BCUT2D eigenvalue weighted by molar-refractivity contribution is -0.124. The molecule has 0 aromatic carbocycles. The van der Waals surface area contributed by atoms with Gasteiger partial charge in [-0.25, -0.2) is 9.79 Å². The molecule has 2 aliphatic heterocycles. The molecule has 2 aliphatic rings. The van der Waals surface area contributed by atoms with Crippen LogP contribution in [-0.4, -0.2) is 30.7 Å². The quantitative estimate of drug-likeness (QED) is 0.581. The molecule has 70 valence electrons. The summed E-state index contributed by atoms with van der Waals surface area (Å²) in [7, 11) is 0. The van der Waals surface area contributed by atoms with Crippen LogP contribution in [0.4, 0.5) is 4.79 Å². The fraction of sp³-hybridized carbons (Fsp3) is 0.625. The van der Waals surface area contributed by atoms with E-state index in [1.54, 1.807) is 0 Å². The van der Waals surface area contributed by atoms with Crippen LogP contribution in [-0.2, 0) is 4.79 Å². The van der Waals surface area contributed by atoms with Gasteiger partial charge < -0.3 is 10.6 Å². The molecule has 0 aliphatic carbocycles. The largest absolute Gasteiger partial charge is 0.356 e. The van der Waals surface area contributed by atoms with Crippen molar-refractivity contribution >= 4 is 17.6 Å². The summed E-state index contributed by atoms with van der Waals surface area (Å²) in [6.07, 6.45) is 1.77. The third-order valence-electron chi connectivity index (χ3n) is 2.35. The zero-order valence-corrected chi connectivity index (χ0v) is 7.17. The van der Waals surface area contributed by atoms with Gasteiger partial charge in [0.15, 0.2) is 0 Å². The average Bonchev–Trinajstić information content (AvgIpc) is 2.53. The smallest absolute Gasteiger partial charge is 0.341 e. The van der Waals surface area contributed by atoms with E-state index < -0.39 is 0 Å². The SMILES string of the molecule is O=C1N=C(C2CCCNC2=O)CN1. The average molecular weight is 181 g/mol. The van der Waals surface area contributed by atoms with Crippen LogP contribution >= 0.6 is 0 Å². The molecule has 5 heteroatoms. The molecule has 1 saturated heterocycles. The highest BCUT2D eigenvalue weighted by atomic mass is 16.2. The van der Waals surface area contributed by atoms with Gasteiger partial charge in [0.25, 0.3) is 0 Å². The van der Waals surface area contributed by atoms with E-state index in [0.29, 0.717) is 12.3 Å². The van der Waals surface area contributed by atoms with Gasteiger partial charge in [-0.2, -0.15) is 0 Å². The molecular weight excluding hydrogens is 170 g/mol. The second-order valence-electron chi connectivity index (χ2n) is 3.25. The number of carbonyl (C=O) groups is 2. The van der Waals surface area contributed by atoms with Gasteiger partial charge >= 0.3 is 6.03 Å². The monoisotopic (exact) mass is 181 g/mol. The summed E-state index contributed by atoms with van der Waals surface area (Å²) in [6.45, 7) is 1.17. The van der Waals surface area contributed by atoms with Crippen LogP contribution < -0.4 is 10.6 Å². The number of piperidine rings is 1. The molecule has 2 heterocycles. The van der Waals surface area contributed by atoms with Crippen LogP contribution in [0.15, 0.2) is 4.99 Å². The van der Waals surface area contributed by atoms with Crippen LogP contribution in [0.2, 0.25) is 0 Å². The van der Waals surface area contributed by atoms with Gasteiger partial charge in [0, 0.05) is 6.54 Å². The number of nitrogens with one attached hydrogen (secondary N) is 2. The van der Waals surface area contributed by atoms with Crippen molar-refractivity contribution in [1.82, 2.24) is 10.6 Å². The van der Waals surface area contributed by atoms with Gasteiger partial charge in [-0.05, 0) is 12.8 Å². The molecule has 0 aromatic rings. The van der Waals surface area contributed by atoms with E-state index >= 15 is 0 Å². The van der Waals surface area contributed by atoms with Gasteiger partial charge in [-0.3, -0.25) is 4.79 Å². The Morgan fingerprint density at radius 1 is 1.31 bits per heavy atom. The van der Waals surface area contributed by atoms with Crippen LogP contribution in [0.3, 0.4) is 0 Å². The standard InChI is InChI=1S/C8H11N3O2/c12-7-5(2-1-3-9-7)6-4-10-8(13)11-6/h5H,1-4H2,(H,9,12)(H,10,13). The molecule has 2 N–H and O–H groups in total. The van der Waals surface area contributed by atoms with E-state index in [2.05, 4.69) is 15.6 Å². The van der Waals surface area contributed by atoms with E-state index in [1.807, 2.05) is 0 Å². The van der Waals surface area contributed by atoms with Gasteiger partial charge in [0.05, 0.1) is 18.2 Å².